The van der Waals surface area contributed by atoms with Crippen LogP contribution in [0.3, 0.4) is 0 Å². The highest BCUT2D eigenvalue weighted by molar-refractivity contribution is 5.75. The number of carbonyl (C=O) groups is 1. The third-order valence-electron chi connectivity index (χ3n) is 2.51. The van der Waals surface area contributed by atoms with Gasteiger partial charge < -0.3 is 4.98 Å². The molecule has 0 fully saturated rings. The van der Waals surface area contributed by atoms with Gasteiger partial charge in [0.2, 0.25) is 0 Å². The summed E-state index contributed by atoms with van der Waals surface area (Å²) in [6, 6.07) is 12.1. The van der Waals surface area contributed by atoms with E-state index in [9.17, 15) is 4.79 Å². The van der Waals surface area contributed by atoms with Crippen LogP contribution in [0.2, 0.25) is 0 Å². The normalized spacial score (nSPS) is 10.2. The number of aromatic nitrogens is 1. The second-order valence-electron chi connectivity index (χ2n) is 3.50. The van der Waals surface area contributed by atoms with Crippen molar-refractivity contribution >= 4 is 6.29 Å². The van der Waals surface area contributed by atoms with Crippen LogP contribution < -0.4 is 0 Å². The van der Waals surface area contributed by atoms with Crippen LogP contribution >= 0.6 is 0 Å². The lowest BCUT2D eigenvalue weighted by Gasteiger charge is -2.00. The molecule has 0 unspecified atom stereocenters. The van der Waals surface area contributed by atoms with E-state index in [1.807, 2.05) is 6.07 Å². The lowest BCUT2D eigenvalue weighted by Crippen LogP contribution is -1.82. The predicted molar refractivity (Wildman–Crippen MR) is 61.0 cm³/mol. The quantitative estimate of drug-likeness (QED) is 0.757. The minimum atomic E-state index is 0.615. The summed E-state index contributed by atoms with van der Waals surface area (Å²) in [4.78, 5) is 13.6. The molecule has 0 saturated carbocycles. The van der Waals surface area contributed by atoms with Gasteiger partial charge in [-0.1, -0.05) is 31.2 Å². The molecule has 1 aromatic heterocycles. The molecule has 2 heteroatoms. The van der Waals surface area contributed by atoms with Crippen LogP contribution in [-0.4, -0.2) is 11.3 Å². The van der Waals surface area contributed by atoms with Crippen LogP contribution in [0.5, 0.6) is 0 Å². The third-order valence-corrected chi connectivity index (χ3v) is 2.51. The van der Waals surface area contributed by atoms with Crippen molar-refractivity contribution in [3.05, 3.63) is 47.7 Å². The first-order chi connectivity index (χ1) is 7.33. The van der Waals surface area contributed by atoms with Gasteiger partial charge in [-0.2, -0.15) is 0 Å². The maximum absolute atomic E-state index is 10.5. The summed E-state index contributed by atoms with van der Waals surface area (Å²) in [7, 11) is 0. The molecule has 0 amide bonds. The highest BCUT2D eigenvalue weighted by atomic mass is 16.1. The second-order valence-corrected chi connectivity index (χ2v) is 3.50. The highest BCUT2D eigenvalue weighted by Gasteiger charge is 2.00. The number of hydrogen-bond acceptors (Lipinski definition) is 1. The van der Waals surface area contributed by atoms with E-state index in [1.54, 1.807) is 6.07 Å². The van der Waals surface area contributed by atoms with Crippen LogP contribution in [-0.2, 0) is 6.42 Å². The highest BCUT2D eigenvalue weighted by Crippen LogP contribution is 2.18. The average molecular weight is 199 g/mol. The van der Waals surface area contributed by atoms with Crippen molar-refractivity contribution in [3.63, 3.8) is 0 Å². The fourth-order valence-electron chi connectivity index (χ4n) is 1.57. The van der Waals surface area contributed by atoms with Gasteiger partial charge in [0.15, 0.2) is 6.29 Å². The molecule has 0 saturated heterocycles. The van der Waals surface area contributed by atoms with E-state index in [0.717, 1.165) is 24.0 Å². The molecule has 0 bridgehead atoms. The number of nitrogens with one attached hydrogen (secondary N) is 1. The van der Waals surface area contributed by atoms with Crippen molar-refractivity contribution in [1.82, 2.24) is 4.98 Å². The van der Waals surface area contributed by atoms with Gasteiger partial charge >= 0.3 is 0 Å². The first kappa shape index (κ1) is 9.71. The Bertz CT molecular complexity index is 454. The topological polar surface area (TPSA) is 32.9 Å². The summed E-state index contributed by atoms with van der Waals surface area (Å²) < 4.78 is 0. The van der Waals surface area contributed by atoms with Gasteiger partial charge in [-0.15, -0.1) is 0 Å². The summed E-state index contributed by atoms with van der Waals surface area (Å²) >= 11 is 0. The number of aromatic amines is 1. The fraction of sp³-hybridized carbons (Fsp3) is 0.154. The summed E-state index contributed by atoms with van der Waals surface area (Å²) in [5, 5.41) is 0. The van der Waals surface area contributed by atoms with Crippen molar-refractivity contribution in [3.8, 4) is 11.3 Å². The first-order valence-electron chi connectivity index (χ1n) is 5.07. The summed E-state index contributed by atoms with van der Waals surface area (Å²) in [5.41, 5.74) is 4.03. The second kappa shape index (κ2) is 4.13. The Morgan fingerprint density at radius 3 is 2.40 bits per heavy atom. The van der Waals surface area contributed by atoms with Crippen molar-refractivity contribution in [2.75, 3.05) is 0 Å². The number of carbonyl (C=O) groups excluding carboxylic acids is 1. The largest absolute Gasteiger partial charge is 0.352 e. The van der Waals surface area contributed by atoms with Gasteiger partial charge in [-0.25, -0.2) is 0 Å². The Labute approximate surface area is 89.0 Å². The molecule has 76 valence electrons. The third kappa shape index (κ3) is 1.99. The fourth-order valence-corrected chi connectivity index (χ4v) is 1.57. The zero-order chi connectivity index (χ0) is 10.7. The number of aldehydes is 1. The zero-order valence-corrected chi connectivity index (χ0v) is 8.66. The van der Waals surface area contributed by atoms with Gasteiger partial charge in [-0.05, 0) is 29.7 Å². The smallest absolute Gasteiger partial charge is 0.166 e. The minimum Gasteiger partial charge on any atom is -0.352 e. The summed E-state index contributed by atoms with van der Waals surface area (Å²) in [6.07, 6.45) is 1.87. The zero-order valence-electron chi connectivity index (χ0n) is 8.66. The molecule has 0 atom stereocenters. The molecule has 0 aliphatic carbocycles. The minimum absolute atomic E-state index is 0.615. The van der Waals surface area contributed by atoms with Gasteiger partial charge in [-0.3, -0.25) is 4.79 Å². The molecule has 1 heterocycles. The average Bonchev–Trinajstić information content (AvgIpc) is 2.78. The molecule has 15 heavy (non-hydrogen) atoms. The lowest BCUT2D eigenvalue weighted by molar-refractivity contribution is 0.111. The maximum atomic E-state index is 10.5. The monoisotopic (exact) mass is 199 g/mol. The van der Waals surface area contributed by atoms with Gasteiger partial charge in [0, 0.05) is 5.69 Å². The Balaban J connectivity index is 2.32. The van der Waals surface area contributed by atoms with Crippen molar-refractivity contribution < 1.29 is 4.79 Å². The molecule has 2 rings (SSSR count). The van der Waals surface area contributed by atoms with Crippen molar-refractivity contribution in [2.24, 2.45) is 0 Å². The van der Waals surface area contributed by atoms with E-state index < -0.39 is 0 Å². The molecule has 0 aliphatic rings. The van der Waals surface area contributed by atoms with E-state index in [2.05, 4.69) is 36.2 Å². The Kier molecular flexibility index (Phi) is 2.68. The van der Waals surface area contributed by atoms with E-state index in [0.29, 0.717) is 5.69 Å². The van der Waals surface area contributed by atoms with Crippen LogP contribution in [0.25, 0.3) is 11.3 Å². The predicted octanol–water partition coefficient (Wildman–Crippen LogP) is 3.06. The van der Waals surface area contributed by atoms with Crippen molar-refractivity contribution in [1.29, 1.82) is 0 Å². The number of hydrogen-bond donors (Lipinski definition) is 1. The number of H-pyrrole nitrogens is 1. The molecular formula is C13H13NO. The first-order valence-corrected chi connectivity index (χ1v) is 5.07. The molecule has 2 aromatic rings. The molecular weight excluding hydrogens is 186 g/mol. The summed E-state index contributed by atoms with van der Waals surface area (Å²) in [5.74, 6) is 0. The van der Waals surface area contributed by atoms with E-state index in [-0.39, 0.29) is 0 Å². The molecule has 2 nitrogen and oxygen atoms in total. The van der Waals surface area contributed by atoms with Crippen molar-refractivity contribution in [2.45, 2.75) is 13.3 Å². The SMILES string of the molecule is CCc1ccc(-c2ccc(C=O)[nH]2)cc1. The molecule has 0 radical (unpaired) electrons. The van der Waals surface area contributed by atoms with Crippen LogP contribution in [0.1, 0.15) is 23.0 Å². The number of rotatable bonds is 3. The Morgan fingerprint density at radius 2 is 1.87 bits per heavy atom. The maximum Gasteiger partial charge on any atom is 0.166 e. The molecule has 0 spiro atoms. The van der Waals surface area contributed by atoms with Gasteiger partial charge in [0.1, 0.15) is 0 Å². The van der Waals surface area contributed by atoms with E-state index in [4.69, 9.17) is 0 Å². The van der Waals surface area contributed by atoms with Gasteiger partial charge in [0.05, 0.1) is 5.69 Å². The van der Waals surface area contributed by atoms with E-state index in [1.165, 1.54) is 5.56 Å². The molecule has 1 N–H and O–H groups in total. The molecule has 1 aromatic carbocycles. The van der Waals surface area contributed by atoms with Crippen LogP contribution in [0, 0.1) is 0 Å². The van der Waals surface area contributed by atoms with Crippen LogP contribution in [0.4, 0.5) is 0 Å². The Morgan fingerprint density at radius 1 is 1.13 bits per heavy atom. The Hall–Kier alpha value is -1.83. The summed E-state index contributed by atoms with van der Waals surface area (Å²) in [6.45, 7) is 2.13. The van der Waals surface area contributed by atoms with Crippen LogP contribution in [0.15, 0.2) is 36.4 Å². The standard InChI is InChI=1S/C13H13NO/c1-2-10-3-5-11(6-4-10)13-8-7-12(9-15)14-13/h3-9,14H,2H2,1H3. The van der Waals surface area contributed by atoms with E-state index >= 15 is 0 Å². The lowest BCUT2D eigenvalue weighted by atomic mass is 10.1. The molecule has 0 aliphatic heterocycles. The van der Waals surface area contributed by atoms with Gasteiger partial charge in [0.25, 0.3) is 0 Å². The number of aryl methyl sites for hydroxylation is 1. The number of benzene rings is 1.